The standard InChI is InChI=1S/C19H17NO5S/c1-23-14-9-8-13(10-15(14)24-2)17-18(12-6-4-3-5-7-12)25-19(20-17)26-11-16(21)22/h3-10H,11H2,1-2H3,(H,21,22). The molecule has 0 atom stereocenters. The second-order valence-electron chi connectivity index (χ2n) is 5.28. The average molecular weight is 371 g/mol. The molecule has 0 unspecified atom stereocenters. The van der Waals surface area contributed by atoms with Crippen LogP contribution in [0.5, 0.6) is 11.5 Å². The number of benzene rings is 2. The molecular weight excluding hydrogens is 354 g/mol. The van der Waals surface area contributed by atoms with E-state index in [9.17, 15) is 4.79 Å². The molecular formula is C19H17NO5S. The molecule has 0 radical (unpaired) electrons. The SMILES string of the molecule is COc1ccc(-c2nc(SCC(=O)O)oc2-c2ccccc2)cc1OC. The van der Waals surface area contributed by atoms with E-state index in [1.807, 2.05) is 42.5 Å². The molecule has 0 aliphatic rings. The first-order chi connectivity index (χ1) is 12.6. The largest absolute Gasteiger partial charge is 0.493 e. The van der Waals surface area contributed by atoms with Gasteiger partial charge in [0.25, 0.3) is 5.22 Å². The number of methoxy groups -OCH3 is 2. The first-order valence-electron chi connectivity index (χ1n) is 7.75. The van der Waals surface area contributed by atoms with Gasteiger partial charge < -0.3 is 19.0 Å². The molecule has 0 fully saturated rings. The summed E-state index contributed by atoms with van der Waals surface area (Å²) >= 11 is 1.04. The number of carboxylic acid groups (broad SMARTS) is 1. The molecule has 134 valence electrons. The summed E-state index contributed by atoms with van der Waals surface area (Å²) in [6.45, 7) is 0. The van der Waals surface area contributed by atoms with Gasteiger partial charge in [-0.1, -0.05) is 42.1 Å². The Morgan fingerprint density at radius 2 is 1.81 bits per heavy atom. The summed E-state index contributed by atoms with van der Waals surface area (Å²) in [5.74, 6) is 0.709. The Bertz CT molecular complexity index is 908. The third-order valence-corrected chi connectivity index (χ3v) is 4.43. The molecule has 0 aliphatic heterocycles. The minimum absolute atomic E-state index is 0.125. The maximum atomic E-state index is 10.8. The third-order valence-electron chi connectivity index (χ3n) is 3.62. The Labute approximate surface area is 154 Å². The van der Waals surface area contributed by atoms with Gasteiger partial charge in [-0.3, -0.25) is 4.79 Å². The van der Waals surface area contributed by atoms with Crippen LogP contribution >= 0.6 is 11.8 Å². The number of aliphatic carboxylic acids is 1. The highest BCUT2D eigenvalue weighted by Crippen LogP contribution is 2.38. The van der Waals surface area contributed by atoms with Crippen molar-refractivity contribution in [1.29, 1.82) is 0 Å². The number of oxazole rings is 1. The predicted octanol–water partition coefficient (Wildman–Crippen LogP) is 4.20. The summed E-state index contributed by atoms with van der Waals surface area (Å²) in [7, 11) is 3.14. The summed E-state index contributed by atoms with van der Waals surface area (Å²) in [6, 6.07) is 15.0. The average Bonchev–Trinajstić information content (AvgIpc) is 3.11. The number of carbonyl (C=O) groups is 1. The van der Waals surface area contributed by atoms with E-state index in [-0.39, 0.29) is 5.75 Å². The van der Waals surface area contributed by atoms with Crippen LogP contribution in [0.1, 0.15) is 0 Å². The maximum absolute atomic E-state index is 10.8. The normalized spacial score (nSPS) is 10.5. The summed E-state index contributed by atoms with van der Waals surface area (Å²) in [5, 5.41) is 9.19. The van der Waals surface area contributed by atoms with Crippen LogP contribution < -0.4 is 9.47 Å². The van der Waals surface area contributed by atoms with Gasteiger partial charge in [0.2, 0.25) is 0 Å². The van der Waals surface area contributed by atoms with Gasteiger partial charge in [-0.2, -0.15) is 0 Å². The van der Waals surface area contributed by atoms with Gasteiger partial charge in [0.1, 0.15) is 11.4 Å². The topological polar surface area (TPSA) is 81.8 Å². The van der Waals surface area contributed by atoms with E-state index < -0.39 is 5.97 Å². The molecule has 2 aromatic carbocycles. The van der Waals surface area contributed by atoms with Crippen LogP contribution in [0.15, 0.2) is 58.2 Å². The maximum Gasteiger partial charge on any atom is 0.314 e. The molecule has 0 bridgehead atoms. The Morgan fingerprint density at radius 3 is 2.46 bits per heavy atom. The van der Waals surface area contributed by atoms with Crippen molar-refractivity contribution in [1.82, 2.24) is 4.98 Å². The number of carboxylic acids is 1. The zero-order valence-electron chi connectivity index (χ0n) is 14.3. The van der Waals surface area contributed by atoms with Gasteiger partial charge in [-0.15, -0.1) is 0 Å². The summed E-state index contributed by atoms with van der Waals surface area (Å²) < 4.78 is 16.5. The molecule has 3 rings (SSSR count). The minimum atomic E-state index is -0.929. The Balaban J connectivity index is 2.08. The molecule has 0 aliphatic carbocycles. The zero-order valence-corrected chi connectivity index (χ0v) is 15.1. The molecule has 1 heterocycles. The number of nitrogens with zero attached hydrogens (tertiary/aromatic N) is 1. The Kier molecular flexibility index (Phi) is 5.48. The predicted molar refractivity (Wildman–Crippen MR) is 98.8 cm³/mol. The molecule has 0 spiro atoms. The molecule has 0 amide bonds. The van der Waals surface area contributed by atoms with E-state index >= 15 is 0 Å². The highest BCUT2D eigenvalue weighted by atomic mass is 32.2. The fraction of sp³-hybridized carbons (Fsp3) is 0.158. The fourth-order valence-electron chi connectivity index (χ4n) is 2.45. The molecule has 7 heteroatoms. The Hall–Kier alpha value is -2.93. The Morgan fingerprint density at radius 1 is 1.08 bits per heavy atom. The van der Waals surface area contributed by atoms with Crippen molar-refractivity contribution in [2.24, 2.45) is 0 Å². The number of rotatable bonds is 7. The van der Waals surface area contributed by atoms with Gasteiger partial charge >= 0.3 is 5.97 Å². The van der Waals surface area contributed by atoms with Crippen LogP contribution in [0.25, 0.3) is 22.6 Å². The van der Waals surface area contributed by atoms with E-state index in [4.69, 9.17) is 19.0 Å². The van der Waals surface area contributed by atoms with Gasteiger partial charge in [-0.25, -0.2) is 4.98 Å². The summed E-state index contributed by atoms with van der Waals surface area (Å²) in [6.07, 6.45) is 0. The number of hydrogen-bond acceptors (Lipinski definition) is 6. The van der Waals surface area contributed by atoms with Gasteiger partial charge in [-0.05, 0) is 18.2 Å². The lowest BCUT2D eigenvalue weighted by Crippen LogP contribution is -1.97. The van der Waals surface area contributed by atoms with Crippen molar-refractivity contribution in [2.45, 2.75) is 5.22 Å². The van der Waals surface area contributed by atoms with Crippen molar-refractivity contribution in [3.63, 3.8) is 0 Å². The first-order valence-corrected chi connectivity index (χ1v) is 8.74. The van der Waals surface area contributed by atoms with E-state index in [0.717, 1.165) is 22.9 Å². The number of hydrogen-bond donors (Lipinski definition) is 1. The monoisotopic (exact) mass is 371 g/mol. The number of ether oxygens (including phenoxy) is 2. The molecule has 3 aromatic rings. The van der Waals surface area contributed by atoms with E-state index in [0.29, 0.717) is 28.2 Å². The van der Waals surface area contributed by atoms with E-state index in [2.05, 4.69) is 4.98 Å². The van der Waals surface area contributed by atoms with Gasteiger partial charge in [0.15, 0.2) is 17.3 Å². The fourth-order valence-corrected chi connectivity index (χ4v) is 3.00. The van der Waals surface area contributed by atoms with Crippen LogP contribution in [-0.2, 0) is 4.79 Å². The van der Waals surface area contributed by atoms with E-state index in [1.165, 1.54) is 0 Å². The smallest absolute Gasteiger partial charge is 0.314 e. The quantitative estimate of drug-likeness (QED) is 0.623. The highest BCUT2D eigenvalue weighted by molar-refractivity contribution is 7.99. The van der Waals surface area contributed by atoms with E-state index in [1.54, 1.807) is 20.3 Å². The lowest BCUT2D eigenvalue weighted by Gasteiger charge is -2.09. The zero-order chi connectivity index (χ0) is 18.5. The van der Waals surface area contributed by atoms with Crippen molar-refractivity contribution in [2.75, 3.05) is 20.0 Å². The van der Waals surface area contributed by atoms with Crippen LogP contribution in [0, 0.1) is 0 Å². The van der Waals surface area contributed by atoms with Crippen LogP contribution in [-0.4, -0.2) is 36.0 Å². The molecule has 1 aromatic heterocycles. The van der Waals surface area contributed by atoms with Crippen LogP contribution in [0.2, 0.25) is 0 Å². The molecule has 0 saturated carbocycles. The van der Waals surface area contributed by atoms with Crippen molar-refractivity contribution < 1.29 is 23.8 Å². The minimum Gasteiger partial charge on any atom is -0.493 e. The van der Waals surface area contributed by atoms with Crippen LogP contribution in [0.3, 0.4) is 0 Å². The molecule has 26 heavy (non-hydrogen) atoms. The first kappa shape index (κ1) is 17.9. The van der Waals surface area contributed by atoms with Crippen molar-refractivity contribution in [3.8, 4) is 34.1 Å². The molecule has 0 saturated heterocycles. The number of thioether (sulfide) groups is 1. The van der Waals surface area contributed by atoms with Crippen molar-refractivity contribution >= 4 is 17.7 Å². The van der Waals surface area contributed by atoms with Gasteiger partial charge in [0.05, 0.1) is 14.2 Å². The van der Waals surface area contributed by atoms with Gasteiger partial charge in [0, 0.05) is 11.1 Å². The lowest BCUT2D eigenvalue weighted by atomic mass is 10.1. The highest BCUT2D eigenvalue weighted by Gasteiger charge is 2.19. The second-order valence-corrected chi connectivity index (χ2v) is 6.20. The molecule has 1 N–H and O–H groups in total. The van der Waals surface area contributed by atoms with Crippen LogP contribution in [0.4, 0.5) is 0 Å². The number of aromatic nitrogens is 1. The third kappa shape index (κ3) is 3.83. The summed E-state index contributed by atoms with van der Waals surface area (Å²) in [5.41, 5.74) is 2.25. The lowest BCUT2D eigenvalue weighted by molar-refractivity contribution is -0.133. The summed E-state index contributed by atoms with van der Waals surface area (Å²) in [4.78, 5) is 15.3. The molecule has 6 nitrogen and oxygen atoms in total. The van der Waals surface area contributed by atoms with Crippen molar-refractivity contribution in [3.05, 3.63) is 48.5 Å². The second kappa shape index (κ2) is 7.97.